The first kappa shape index (κ1) is 16.1. The Morgan fingerprint density at radius 2 is 1.88 bits per heavy atom. The molecule has 24 heavy (non-hydrogen) atoms. The normalized spacial score (nSPS) is 27.7. The van der Waals surface area contributed by atoms with Crippen molar-refractivity contribution in [3.05, 3.63) is 35.4 Å². The molecule has 1 atom stereocenters. The monoisotopic (exact) mass is 344 g/mol. The summed E-state index contributed by atoms with van der Waals surface area (Å²) >= 11 is 0. The number of ether oxygens (including phenoxy) is 1. The minimum Gasteiger partial charge on any atom is -0.456 e. The van der Waals surface area contributed by atoms with Crippen LogP contribution in [0.4, 0.5) is 0 Å². The number of nitrogens with two attached hydrogens (primary N) is 2. The van der Waals surface area contributed by atoms with Crippen LogP contribution in [0.25, 0.3) is 11.6 Å². The van der Waals surface area contributed by atoms with Gasteiger partial charge in [0.2, 0.25) is 5.85 Å². The Labute approximate surface area is 145 Å². The maximum absolute atomic E-state index is 11.0. The summed E-state index contributed by atoms with van der Waals surface area (Å²) in [5.41, 5.74) is 14.9. The molecule has 0 spiro atoms. The lowest BCUT2D eigenvalue weighted by molar-refractivity contribution is 0.132. The molecular formula is C19H24N2O2S. The highest BCUT2D eigenvalue weighted by atomic mass is 32.2. The molecule has 1 aromatic carbocycles. The van der Waals surface area contributed by atoms with Gasteiger partial charge in [-0.05, 0) is 57.9 Å². The van der Waals surface area contributed by atoms with Gasteiger partial charge in [-0.15, -0.1) is 0 Å². The zero-order valence-corrected chi connectivity index (χ0v) is 15.3. The molecule has 2 aliphatic heterocycles. The minimum atomic E-state index is -1.28. The van der Waals surface area contributed by atoms with Crippen molar-refractivity contribution in [2.45, 2.75) is 44.9 Å². The number of hydrogen-bond acceptors (Lipinski definition) is 4. The van der Waals surface area contributed by atoms with E-state index in [1.165, 1.54) is 0 Å². The third-order valence-electron chi connectivity index (χ3n) is 4.91. The van der Waals surface area contributed by atoms with Crippen molar-refractivity contribution in [3.8, 4) is 5.75 Å². The van der Waals surface area contributed by atoms with Crippen molar-refractivity contribution in [2.75, 3.05) is 0 Å². The fraction of sp³-hybridized carbons (Fsp3) is 0.421. The van der Waals surface area contributed by atoms with E-state index in [1.807, 2.05) is 18.2 Å². The van der Waals surface area contributed by atoms with Gasteiger partial charge in [-0.3, -0.25) is 11.5 Å². The van der Waals surface area contributed by atoms with E-state index in [9.17, 15) is 4.55 Å². The quantitative estimate of drug-likeness (QED) is 0.494. The predicted molar refractivity (Wildman–Crippen MR) is 101 cm³/mol. The van der Waals surface area contributed by atoms with E-state index in [0.29, 0.717) is 5.75 Å². The summed E-state index contributed by atoms with van der Waals surface area (Å²) in [5.74, 6) is -0.617. The Bertz CT molecular complexity index is 860. The van der Waals surface area contributed by atoms with E-state index in [1.54, 1.807) is 6.08 Å². The molecule has 0 radical (unpaired) electrons. The van der Waals surface area contributed by atoms with Gasteiger partial charge in [-0.2, -0.15) is 0 Å². The summed E-state index contributed by atoms with van der Waals surface area (Å²) in [5, 5.41) is 0. The maximum atomic E-state index is 11.0. The lowest BCUT2D eigenvalue weighted by Crippen LogP contribution is -2.53. The summed E-state index contributed by atoms with van der Waals surface area (Å²) in [7, 11) is -0.888. The molecule has 1 aromatic rings. The van der Waals surface area contributed by atoms with Gasteiger partial charge in [0, 0.05) is 20.9 Å². The van der Waals surface area contributed by atoms with Gasteiger partial charge in [0.15, 0.2) is 0 Å². The van der Waals surface area contributed by atoms with E-state index in [0.717, 1.165) is 32.9 Å². The van der Waals surface area contributed by atoms with Crippen LogP contribution in [-0.2, 0) is 0 Å². The molecule has 0 amide bonds. The molecule has 0 saturated heterocycles. The molecule has 0 aromatic heterocycles. The van der Waals surface area contributed by atoms with Crippen molar-refractivity contribution >= 4 is 27.3 Å². The molecule has 5 heteroatoms. The van der Waals surface area contributed by atoms with Crippen LogP contribution in [0.2, 0.25) is 0 Å². The largest absolute Gasteiger partial charge is 0.456 e. The highest BCUT2D eigenvalue weighted by Crippen LogP contribution is 2.56. The SMILES string of the molecule is CC1(C)C=C2C(=S(O)c3cc4c(cc32)OC(N)(N)C=C4)C(C)(C)C1. The van der Waals surface area contributed by atoms with Crippen LogP contribution >= 0.6 is 10.8 Å². The molecule has 1 unspecified atom stereocenters. The maximum Gasteiger partial charge on any atom is 0.233 e. The predicted octanol–water partition coefficient (Wildman–Crippen LogP) is 3.79. The number of allylic oxidation sites excluding steroid dienone is 2. The standard InChI is InChI=1S/C19H24N2O2S/c1-17(2)9-13-12-8-14-11(5-6-19(20,21)23-14)7-15(12)24(22)16(13)18(3,4)10-17/h5-9,22H,10,20-21H2,1-4H3. The Morgan fingerprint density at radius 3 is 2.58 bits per heavy atom. The molecule has 4 nitrogen and oxygen atoms in total. The molecule has 0 bridgehead atoms. The van der Waals surface area contributed by atoms with Crippen molar-refractivity contribution in [3.63, 3.8) is 0 Å². The summed E-state index contributed by atoms with van der Waals surface area (Å²) in [6.45, 7) is 8.93. The summed E-state index contributed by atoms with van der Waals surface area (Å²) in [6, 6.07) is 3.99. The van der Waals surface area contributed by atoms with Crippen molar-refractivity contribution < 1.29 is 9.29 Å². The molecule has 5 N–H and O–H groups in total. The second-order valence-corrected chi connectivity index (χ2v) is 9.81. The lowest BCUT2D eigenvalue weighted by atomic mass is 9.65. The number of hydrogen-bond donors (Lipinski definition) is 3. The van der Waals surface area contributed by atoms with Crippen LogP contribution in [0, 0.1) is 10.8 Å². The average molecular weight is 344 g/mol. The van der Waals surface area contributed by atoms with E-state index in [-0.39, 0.29) is 10.8 Å². The van der Waals surface area contributed by atoms with Gasteiger partial charge in [-0.1, -0.05) is 33.8 Å². The van der Waals surface area contributed by atoms with Crippen molar-refractivity contribution in [1.82, 2.24) is 0 Å². The van der Waals surface area contributed by atoms with Gasteiger partial charge in [0.25, 0.3) is 0 Å². The van der Waals surface area contributed by atoms with E-state index >= 15 is 0 Å². The van der Waals surface area contributed by atoms with Crippen LogP contribution in [-0.4, -0.2) is 15.3 Å². The second kappa shape index (κ2) is 4.61. The zero-order chi connectivity index (χ0) is 17.5. The van der Waals surface area contributed by atoms with Gasteiger partial charge in [-0.25, -0.2) is 0 Å². The fourth-order valence-electron chi connectivity index (χ4n) is 4.38. The Morgan fingerprint density at radius 1 is 1.17 bits per heavy atom. The molecular weight excluding hydrogens is 320 g/mol. The highest BCUT2D eigenvalue weighted by Gasteiger charge is 2.43. The third-order valence-corrected chi connectivity index (χ3v) is 6.82. The molecule has 0 saturated carbocycles. The molecule has 128 valence electrons. The summed E-state index contributed by atoms with van der Waals surface area (Å²) in [4.78, 5) is 2.10. The average Bonchev–Trinajstić information content (AvgIpc) is 2.66. The summed E-state index contributed by atoms with van der Waals surface area (Å²) in [6.07, 6.45) is 6.81. The minimum absolute atomic E-state index is 0.0485. The van der Waals surface area contributed by atoms with Crippen LogP contribution < -0.4 is 16.2 Å². The number of rotatable bonds is 0. The van der Waals surface area contributed by atoms with E-state index in [2.05, 4.69) is 33.8 Å². The molecule has 1 aliphatic carbocycles. The van der Waals surface area contributed by atoms with Crippen molar-refractivity contribution in [1.29, 1.82) is 0 Å². The number of fused-ring (bicyclic) bond motifs is 4. The highest BCUT2D eigenvalue weighted by molar-refractivity contribution is 8.12. The molecule has 4 rings (SSSR count). The number of benzene rings is 1. The smallest absolute Gasteiger partial charge is 0.233 e. The second-order valence-electron chi connectivity index (χ2n) is 8.40. The fourth-order valence-corrected chi connectivity index (χ4v) is 6.18. The van der Waals surface area contributed by atoms with Gasteiger partial charge in [0.05, 0.1) is 0 Å². The zero-order valence-electron chi connectivity index (χ0n) is 14.5. The van der Waals surface area contributed by atoms with Gasteiger partial charge >= 0.3 is 0 Å². The first-order chi connectivity index (χ1) is 11.0. The Balaban J connectivity index is 1.96. The molecule has 2 heterocycles. The Kier molecular flexibility index (Phi) is 3.09. The Hall–Kier alpha value is -1.40. The van der Waals surface area contributed by atoms with Crippen molar-refractivity contribution in [2.24, 2.45) is 22.3 Å². The summed E-state index contributed by atoms with van der Waals surface area (Å²) < 4.78 is 16.7. The van der Waals surface area contributed by atoms with E-state index in [4.69, 9.17) is 16.2 Å². The lowest BCUT2D eigenvalue weighted by Gasteiger charge is -2.40. The van der Waals surface area contributed by atoms with Gasteiger partial charge < -0.3 is 9.29 Å². The van der Waals surface area contributed by atoms with Crippen LogP contribution in [0.5, 0.6) is 5.75 Å². The third kappa shape index (κ3) is 2.30. The first-order valence-electron chi connectivity index (χ1n) is 8.18. The van der Waals surface area contributed by atoms with Crippen LogP contribution in [0.3, 0.4) is 0 Å². The first-order valence-corrected chi connectivity index (χ1v) is 9.36. The topological polar surface area (TPSA) is 81.5 Å². The van der Waals surface area contributed by atoms with Crippen LogP contribution in [0.1, 0.15) is 45.2 Å². The van der Waals surface area contributed by atoms with E-state index < -0.39 is 16.6 Å². The molecule has 3 aliphatic rings. The van der Waals surface area contributed by atoms with Gasteiger partial charge in [0.1, 0.15) is 5.75 Å². The van der Waals surface area contributed by atoms with Crippen LogP contribution in [0.15, 0.2) is 29.2 Å². The molecule has 0 fully saturated rings.